The average molecular weight is 430 g/mol. The predicted molar refractivity (Wildman–Crippen MR) is 113 cm³/mol. The monoisotopic (exact) mass is 429 g/mol. The number of amides is 3. The van der Waals surface area contributed by atoms with Crippen molar-refractivity contribution in [2.24, 2.45) is 4.99 Å². The van der Waals surface area contributed by atoms with E-state index in [-0.39, 0.29) is 12.3 Å². The van der Waals surface area contributed by atoms with E-state index in [1.165, 1.54) is 4.90 Å². The summed E-state index contributed by atoms with van der Waals surface area (Å²) in [7, 11) is 1.62. The summed E-state index contributed by atoms with van der Waals surface area (Å²) in [4.78, 5) is 50.2. The molecule has 0 saturated carbocycles. The SMILES string of the molecule is CCCN1C2=NC3C(C(=O)N(CC(=O)c4ccc(Cl)cc4)C(=O)N3C)N2C(C)=C1C. The van der Waals surface area contributed by atoms with Gasteiger partial charge in [0, 0.05) is 35.6 Å². The highest BCUT2D eigenvalue weighted by atomic mass is 35.5. The third kappa shape index (κ3) is 2.98. The van der Waals surface area contributed by atoms with Crippen molar-refractivity contribution in [1.29, 1.82) is 0 Å². The van der Waals surface area contributed by atoms with Crippen molar-refractivity contribution in [2.75, 3.05) is 20.1 Å². The lowest BCUT2D eigenvalue weighted by Gasteiger charge is -2.40. The highest BCUT2D eigenvalue weighted by Gasteiger charge is 2.55. The Morgan fingerprint density at radius 3 is 2.40 bits per heavy atom. The van der Waals surface area contributed by atoms with Crippen LogP contribution in [0.15, 0.2) is 40.7 Å². The van der Waals surface area contributed by atoms with E-state index in [2.05, 4.69) is 11.8 Å². The van der Waals surface area contributed by atoms with E-state index in [1.54, 1.807) is 31.3 Å². The summed E-state index contributed by atoms with van der Waals surface area (Å²) in [6.07, 6.45) is 0.321. The van der Waals surface area contributed by atoms with Crippen molar-refractivity contribution in [2.45, 2.75) is 39.4 Å². The molecule has 0 bridgehead atoms. The number of urea groups is 1. The van der Waals surface area contributed by atoms with Gasteiger partial charge in [0.2, 0.25) is 5.96 Å². The molecule has 8 nitrogen and oxygen atoms in total. The standard InChI is InChI=1S/C21H24ClN5O3/c1-5-10-25-12(2)13(3)27-17-18(23-20(25)27)24(4)21(30)26(19(17)29)11-16(28)14-6-8-15(22)9-7-14/h6-9,17-18H,5,10-11H2,1-4H3. The lowest BCUT2D eigenvalue weighted by molar-refractivity contribution is -0.136. The zero-order valence-electron chi connectivity index (χ0n) is 17.4. The van der Waals surface area contributed by atoms with Gasteiger partial charge in [0.1, 0.15) is 0 Å². The molecule has 1 fully saturated rings. The van der Waals surface area contributed by atoms with Crippen LogP contribution in [0.5, 0.6) is 0 Å². The van der Waals surface area contributed by atoms with Crippen LogP contribution < -0.4 is 0 Å². The van der Waals surface area contributed by atoms with Crippen LogP contribution >= 0.6 is 11.6 Å². The van der Waals surface area contributed by atoms with E-state index in [0.717, 1.165) is 29.3 Å². The topological polar surface area (TPSA) is 76.5 Å². The summed E-state index contributed by atoms with van der Waals surface area (Å²) in [6, 6.07) is 5.21. The number of rotatable bonds is 5. The second kappa shape index (κ2) is 7.43. The van der Waals surface area contributed by atoms with Crippen LogP contribution in [0.2, 0.25) is 5.02 Å². The predicted octanol–water partition coefficient (Wildman–Crippen LogP) is 2.76. The maximum absolute atomic E-state index is 13.4. The molecule has 3 amide bonds. The van der Waals surface area contributed by atoms with Gasteiger partial charge in [-0.3, -0.25) is 19.4 Å². The Hall–Kier alpha value is -2.87. The average Bonchev–Trinajstić information content (AvgIpc) is 3.22. The molecule has 1 saturated heterocycles. The molecule has 158 valence electrons. The fourth-order valence-corrected chi connectivity index (χ4v) is 4.31. The van der Waals surface area contributed by atoms with Crippen molar-refractivity contribution in [1.82, 2.24) is 19.6 Å². The minimum Gasteiger partial charge on any atom is -0.315 e. The number of carbonyl (C=O) groups is 3. The molecule has 0 radical (unpaired) electrons. The maximum Gasteiger partial charge on any atom is 0.328 e. The molecule has 3 aliphatic heterocycles. The van der Waals surface area contributed by atoms with Gasteiger partial charge in [-0.1, -0.05) is 18.5 Å². The molecule has 4 rings (SSSR count). The highest BCUT2D eigenvalue weighted by Crippen LogP contribution is 2.37. The molecule has 3 aliphatic rings. The van der Waals surface area contributed by atoms with Crippen LogP contribution in [0.4, 0.5) is 4.79 Å². The first-order chi connectivity index (χ1) is 14.3. The molecule has 3 heterocycles. The molecule has 2 atom stereocenters. The Morgan fingerprint density at radius 1 is 1.10 bits per heavy atom. The van der Waals surface area contributed by atoms with Gasteiger partial charge in [0.05, 0.1) is 6.54 Å². The van der Waals surface area contributed by atoms with Gasteiger partial charge in [0.15, 0.2) is 18.0 Å². The third-order valence-corrected chi connectivity index (χ3v) is 6.17. The number of nitrogens with zero attached hydrogens (tertiary/aromatic N) is 5. The zero-order valence-corrected chi connectivity index (χ0v) is 18.2. The van der Waals surface area contributed by atoms with Crippen LogP contribution in [0.3, 0.4) is 0 Å². The van der Waals surface area contributed by atoms with Gasteiger partial charge in [-0.25, -0.2) is 9.79 Å². The molecule has 0 aliphatic carbocycles. The number of imide groups is 1. The number of benzene rings is 1. The summed E-state index contributed by atoms with van der Waals surface area (Å²) in [5, 5.41) is 0.512. The number of aliphatic imine (C=N–C) groups is 1. The lowest BCUT2D eigenvalue weighted by Crippen LogP contribution is -2.65. The summed E-state index contributed by atoms with van der Waals surface area (Å²) < 4.78 is 0. The molecule has 9 heteroatoms. The number of Topliss-reactive ketones (excluding diaryl/α,β-unsaturated/α-hetero) is 1. The van der Waals surface area contributed by atoms with Crippen molar-refractivity contribution in [3.63, 3.8) is 0 Å². The van der Waals surface area contributed by atoms with Gasteiger partial charge in [-0.05, 0) is 44.5 Å². The number of likely N-dealkylation sites (N-methyl/N-ethyl adjacent to an activating group) is 1. The smallest absolute Gasteiger partial charge is 0.315 e. The molecule has 0 N–H and O–H groups in total. The zero-order chi connectivity index (χ0) is 21.7. The summed E-state index contributed by atoms with van der Waals surface area (Å²) >= 11 is 5.88. The van der Waals surface area contributed by atoms with Gasteiger partial charge in [-0.15, -0.1) is 0 Å². The molecule has 30 heavy (non-hydrogen) atoms. The number of hydrogen-bond acceptors (Lipinski definition) is 6. The molecule has 1 aromatic carbocycles. The normalized spacial score (nSPS) is 23.3. The minimum atomic E-state index is -0.669. The van der Waals surface area contributed by atoms with Crippen LogP contribution in [0.25, 0.3) is 0 Å². The summed E-state index contributed by atoms with van der Waals surface area (Å²) in [5.74, 6) is -0.0350. The Labute approximate surface area is 180 Å². The highest BCUT2D eigenvalue weighted by molar-refractivity contribution is 6.30. The second-order valence-corrected chi connectivity index (χ2v) is 8.16. The molecule has 1 aromatic rings. The third-order valence-electron chi connectivity index (χ3n) is 5.92. The number of carbonyl (C=O) groups excluding carboxylic acids is 3. The summed E-state index contributed by atoms with van der Waals surface area (Å²) in [5.41, 5.74) is 2.38. The number of allylic oxidation sites excluding steroid dienone is 2. The molecule has 0 aromatic heterocycles. The van der Waals surface area contributed by atoms with E-state index in [9.17, 15) is 14.4 Å². The molecule has 2 unspecified atom stereocenters. The van der Waals surface area contributed by atoms with Crippen LogP contribution in [0, 0.1) is 0 Å². The number of fused-ring (bicyclic) bond motifs is 3. The minimum absolute atomic E-state index is 0.322. The van der Waals surface area contributed by atoms with Gasteiger partial charge >= 0.3 is 6.03 Å². The molecule has 0 spiro atoms. The van der Waals surface area contributed by atoms with Crippen molar-refractivity contribution < 1.29 is 14.4 Å². The second-order valence-electron chi connectivity index (χ2n) is 7.73. The number of halogens is 1. The number of guanidine groups is 1. The summed E-state index contributed by atoms with van der Waals surface area (Å²) in [6.45, 7) is 6.50. The Bertz CT molecular complexity index is 987. The Balaban J connectivity index is 1.62. The van der Waals surface area contributed by atoms with Gasteiger partial charge in [-0.2, -0.15) is 0 Å². The van der Waals surface area contributed by atoms with Crippen molar-refractivity contribution in [3.8, 4) is 0 Å². The fraction of sp³-hybridized carbons (Fsp3) is 0.429. The number of ketones is 1. The molecular formula is C21H24ClN5O3. The first kappa shape index (κ1) is 20.4. The van der Waals surface area contributed by atoms with E-state index < -0.39 is 24.1 Å². The molecular weight excluding hydrogens is 406 g/mol. The van der Waals surface area contributed by atoms with Crippen LogP contribution in [0.1, 0.15) is 37.6 Å². The lowest BCUT2D eigenvalue weighted by atomic mass is 10.1. The largest absolute Gasteiger partial charge is 0.328 e. The van der Waals surface area contributed by atoms with Crippen molar-refractivity contribution >= 4 is 35.3 Å². The Morgan fingerprint density at radius 2 is 1.77 bits per heavy atom. The first-order valence-corrected chi connectivity index (χ1v) is 10.3. The fourth-order valence-electron chi connectivity index (χ4n) is 4.19. The van der Waals surface area contributed by atoms with Crippen LogP contribution in [-0.4, -0.2) is 75.6 Å². The van der Waals surface area contributed by atoms with Gasteiger partial charge < -0.3 is 9.80 Å². The maximum atomic E-state index is 13.4. The number of hydrogen-bond donors (Lipinski definition) is 0. The Kier molecular flexibility index (Phi) is 5.05. The van der Waals surface area contributed by atoms with E-state index in [1.807, 2.05) is 18.7 Å². The van der Waals surface area contributed by atoms with E-state index in [0.29, 0.717) is 16.5 Å². The van der Waals surface area contributed by atoms with E-state index in [4.69, 9.17) is 16.6 Å². The van der Waals surface area contributed by atoms with Gasteiger partial charge in [0.25, 0.3) is 5.91 Å². The van der Waals surface area contributed by atoms with Crippen LogP contribution in [-0.2, 0) is 4.79 Å². The van der Waals surface area contributed by atoms with E-state index >= 15 is 0 Å². The quantitative estimate of drug-likeness (QED) is 0.672. The first-order valence-electron chi connectivity index (χ1n) is 9.95. The van der Waals surface area contributed by atoms with Crippen molar-refractivity contribution in [3.05, 3.63) is 46.2 Å².